The lowest BCUT2D eigenvalue weighted by molar-refractivity contribution is -0.111. The number of pyridine rings is 1. The lowest BCUT2D eigenvalue weighted by atomic mass is 10.2. The van der Waals surface area contributed by atoms with Crippen molar-refractivity contribution in [3.8, 4) is 0 Å². The first-order valence-electron chi connectivity index (χ1n) is 8.41. The minimum absolute atomic E-state index is 0.189. The Hall–Kier alpha value is -2.85. The van der Waals surface area contributed by atoms with Crippen LogP contribution >= 0.6 is 11.6 Å². The quantitative estimate of drug-likeness (QED) is 0.598. The predicted molar refractivity (Wildman–Crippen MR) is 110 cm³/mol. The molecule has 2 aromatic carbocycles. The van der Waals surface area contributed by atoms with E-state index in [1.54, 1.807) is 18.2 Å². The molecule has 0 atom stereocenters. The van der Waals surface area contributed by atoms with E-state index in [2.05, 4.69) is 29.5 Å². The van der Waals surface area contributed by atoms with Gasteiger partial charge in [-0.3, -0.25) is 4.79 Å². The minimum Gasteiger partial charge on any atom is -0.368 e. The third-order valence-electron chi connectivity index (χ3n) is 3.69. The van der Waals surface area contributed by atoms with Crippen LogP contribution in [0.25, 0.3) is 17.0 Å². The van der Waals surface area contributed by atoms with Crippen LogP contribution in [-0.2, 0) is 4.79 Å². The minimum atomic E-state index is -0.189. The molecule has 0 aliphatic heterocycles. The van der Waals surface area contributed by atoms with Crippen molar-refractivity contribution in [2.24, 2.45) is 0 Å². The molecule has 0 spiro atoms. The monoisotopic (exact) mass is 365 g/mol. The number of fused-ring (bicyclic) bond motifs is 1. The van der Waals surface area contributed by atoms with Crippen LogP contribution in [0.15, 0.2) is 60.7 Å². The Labute approximate surface area is 157 Å². The summed E-state index contributed by atoms with van der Waals surface area (Å²) in [5, 5.41) is 7.79. The number of rotatable bonds is 5. The topological polar surface area (TPSA) is 54.0 Å². The van der Waals surface area contributed by atoms with E-state index in [4.69, 9.17) is 11.6 Å². The molecule has 5 heteroatoms. The maximum atomic E-state index is 12.1. The highest BCUT2D eigenvalue weighted by Crippen LogP contribution is 2.20. The van der Waals surface area contributed by atoms with Gasteiger partial charge in [0.15, 0.2) is 0 Å². The number of nitrogens with zero attached hydrogens (tertiary/aromatic N) is 1. The van der Waals surface area contributed by atoms with Crippen LogP contribution < -0.4 is 10.6 Å². The number of carbonyl (C=O) groups excluding carboxylic acids is 1. The molecule has 1 amide bonds. The maximum absolute atomic E-state index is 12.1. The van der Waals surface area contributed by atoms with Crippen LogP contribution in [0.4, 0.5) is 11.5 Å². The second-order valence-corrected chi connectivity index (χ2v) is 6.71. The first-order valence-corrected chi connectivity index (χ1v) is 8.79. The van der Waals surface area contributed by atoms with Crippen molar-refractivity contribution in [2.45, 2.75) is 19.9 Å². The van der Waals surface area contributed by atoms with Crippen molar-refractivity contribution >= 4 is 46.0 Å². The molecule has 0 saturated heterocycles. The zero-order valence-corrected chi connectivity index (χ0v) is 15.4. The molecule has 0 fully saturated rings. The van der Waals surface area contributed by atoms with Crippen LogP contribution in [0.1, 0.15) is 19.4 Å². The van der Waals surface area contributed by atoms with E-state index in [9.17, 15) is 4.79 Å². The van der Waals surface area contributed by atoms with Gasteiger partial charge in [0.2, 0.25) is 5.91 Å². The zero-order valence-electron chi connectivity index (χ0n) is 14.7. The average Bonchev–Trinajstić information content (AvgIpc) is 2.61. The molecule has 0 saturated carbocycles. The fourth-order valence-corrected chi connectivity index (χ4v) is 2.64. The summed E-state index contributed by atoms with van der Waals surface area (Å²) in [5.41, 5.74) is 2.53. The van der Waals surface area contributed by atoms with E-state index in [1.807, 2.05) is 42.5 Å². The van der Waals surface area contributed by atoms with Gasteiger partial charge in [-0.1, -0.05) is 23.7 Å². The van der Waals surface area contributed by atoms with Gasteiger partial charge in [-0.05, 0) is 68.0 Å². The zero-order chi connectivity index (χ0) is 18.5. The highest BCUT2D eigenvalue weighted by atomic mass is 35.5. The third kappa shape index (κ3) is 4.83. The molecule has 3 rings (SSSR count). The number of halogens is 1. The Morgan fingerprint density at radius 2 is 1.85 bits per heavy atom. The highest BCUT2D eigenvalue weighted by molar-refractivity contribution is 6.30. The molecule has 0 unspecified atom stereocenters. The van der Waals surface area contributed by atoms with E-state index in [0.29, 0.717) is 11.1 Å². The van der Waals surface area contributed by atoms with Gasteiger partial charge in [-0.2, -0.15) is 0 Å². The fraction of sp³-hybridized carbons (Fsp3) is 0.143. The Morgan fingerprint density at radius 1 is 1.08 bits per heavy atom. The predicted octanol–water partition coefficient (Wildman–Crippen LogP) is 5.36. The Bertz CT molecular complexity index is 949. The molecule has 1 heterocycles. The van der Waals surface area contributed by atoms with Crippen LogP contribution in [0, 0.1) is 0 Å². The summed E-state index contributed by atoms with van der Waals surface area (Å²) >= 11 is 5.85. The normalized spacial score (nSPS) is 11.2. The van der Waals surface area contributed by atoms with Gasteiger partial charge in [0.1, 0.15) is 5.82 Å². The molecule has 2 N–H and O–H groups in total. The lowest BCUT2D eigenvalue weighted by Crippen LogP contribution is -2.11. The molecule has 0 radical (unpaired) electrons. The molecule has 132 valence electrons. The van der Waals surface area contributed by atoms with Gasteiger partial charge in [-0.15, -0.1) is 0 Å². The Morgan fingerprint density at radius 3 is 2.58 bits per heavy atom. The molecule has 0 bridgehead atoms. The molecule has 1 aromatic heterocycles. The summed E-state index contributed by atoms with van der Waals surface area (Å²) in [6.07, 6.45) is 3.25. The Balaban J connectivity index is 1.70. The smallest absolute Gasteiger partial charge is 0.248 e. The fourth-order valence-electron chi connectivity index (χ4n) is 2.51. The summed E-state index contributed by atoms with van der Waals surface area (Å²) < 4.78 is 0. The number of hydrogen-bond donors (Lipinski definition) is 2. The van der Waals surface area contributed by atoms with E-state index in [0.717, 1.165) is 28.0 Å². The van der Waals surface area contributed by atoms with Gasteiger partial charge >= 0.3 is 0 Å². The SMILES string of the molecule is CC(C)Nc1ccc2cc(NC(=O)/C=C/c3ccc(Cl)cc3)ccc2n1. The van der Waals surface area contributed by atoms with Crippen molar-refractivity contribution in [3.05, 3.63) is 71.3 Å². The van der Waals surface area contributed by atoms with Gasteiger partial charge in [0.05, 0.1) is 5.52 Å². The van der Waals surface area contributed by atoms with Crippen molar-refractivity contribution in [1.82, 2.24) is 4.98 Å². The number of nitrogens with one attached hydrogen (secondary N) is 2. The number of amides is 1. The molecule has 3 aromatic rings. The largest absolute Gasteiger partial charge is 0.368 e. The maximum Gasteiger partial charge on any atom is 0.248 e. The summed E-state index contributed by atoms with van der Waals surface area (Å²) in [4.78, 5) is 16.7. The number of hydrogen-bond acceptors (Lipinski definition) is 3. The molecule has 0 aliphatic rings. The second kappa shape index (κ2) is 8.02. The number of benzene rings is 2. The lowest BCUT2D eigenvalue weighted by Gasteiger charge is -2.10. The summed E-state index contributed by atoms with van der Waals surface area (Å²) in [7, 11) is 0. The first-order chi connectivity index (χ1) is 12.5. The van der Waals surface area contributed by atoms with Crippen molar-refractivity contribution in [3.63, 3.8) is 0 Å². The Kier molecular flexibility index (Phi) is 5.54. The molecule has 0 aliphatic carbocycles. The molecule has 4 nitrogen and oxygen atoms in total. The number of anilines is 2. The van der Waals surface area contributed by atoms with E-state index >= 15 is 0 Å². The van der Waals surface area contributed by atoms with Crippen LogP contribution in [0.3, 0.4) is 0 Å². The van der Waals surface area contributed by atoms with E-state index in [1.165, 1.54) is 6.08 Å². The summed E-state index contributed by atoms with van der Waals surface area (Å²) in [6.45, 7) is 4.14. The second-order valence-electron chi connectivity index (χ2n) is 6.28. The van der Waals surface area contributed by atoms with Crippen LogP contribution in [-0.4, -0.2) is 16.9 Å². The first kappa shape index (κ1) is 18.0. The van der Waals surface area contributed by atoms with E-state index in [-0.39, 0.29) is 5.91 Å². The van der Waals surface area contributed by atoms with Gasteiger partial charge in [0.25, 0.3) is 0 Å². The summed E-state index contributed by atoms with van der Waals surface area (Å²) in [5.74, 6) is 0.653. The van der Waals surface area contributed by atoms with Gasteiger partial charge in [-0.25, -0.2) is 4.98 Å². The molecular weight excluding hydrogens is 346 g/mol. The van der Waals surface area contributed by atoms with E-state index < -0.39 is 0 Å². The van der Waals surface area contributed by atoms with Crippen molar-refractivity contribution < 1.29 is 4.79 Å². The highest BCUT2D eigenvalue weighted by Gasteiger charge is 2.03. The van der Waals surface area contributed by atoms with Gasteiger partial charge in [0, 0.05) is 28.2 Å². The standard InChI is InChI=1S/C21H20ClN3O/c1-14(2)23-20-11-6-16-13-18(9-10-19(16)25-20)24-21(26)12-5-15-3-7-17(22)8-4-15/h3-14H,1-2H3,(H,23,25)(H,24,26)/b12-5+. The van der Waals surface area contributed by atoms with Gasteiger partial charge < -0.3 is 10.6 Å². The van der Waals surface area contributed by atoms with Crippen LogP contribution in [0.5, 0.6) is 0 Å². The number of carbonyl (C=O) groups is 1. The average molecular weight is 366 g/mol. The summed E-state index contributed by atoms with van der Waals surface area (Å²) in [6, 6.07) is 17.2. The molecular formula is C21H20ClN3O. The van der Waals surface area contributed by atoms with Crippen LogP contribution in [0.2, 0.25) is 5.02 Å². The molecule has 26 heavy (non-hydrogen) atoms. The van der Waals surface area contributed by atoms with Crippen molar-refractivity contribution in [2.75, 3.05) is 10.6 Å². The number of aromatic nitrogens is 1. The van der Waals surface area contributed by atoms with Crippen molar-refractivity contribution in [1.29, 1.82) is 0 Å². The third-order valence-corrected chi connectivity index (χ3v) is 3.94.